The Hall–Kier alpha value is -3.19. The van der Waals surface area contributed by atoms with Gasteiger partial charge in [0.2, 0.25) is 0 Å². The number of nitrogens with one attached hydrogen (secondary N) is 2. The topological polar surface area (TPSA) is 84.5 Å². The van der Waals surface area contributed by atoms with Crippen molar-refractivity contribution >= 4 is 39.1 Å². The molecule has 2 aliphatic carbocycles. The Morgan fingerprint density at radius 2 is 1.64 bits per heavy atom. The Morgan fingerprint density at radius 3 is 2.28 bits per heavy atom. The Labute approximate surface area is 219 Å². The van der Waals surface area contributed by atoms with Crippen LogP contribution in [-0.4, -0.2) is 24.1 Å². The van der Waals surface area contributed by atoms with Crippen molar-refractivity contribution in [2.75, 3.05) is 11.9 Å². The number of halogens is 1. The second-order valence-corrected chi connectivity index (χ2v) is 10.6. The van der Waals surface area contributed by atoms with Gasteiger partial charge in [0.15, 0.2) is 18.2 Å². The van der Waals surface area contributed by atoms with Crippen molar-refractivity contribution in [3.63, 3.8) is 0 Å². The summed E-state index contributed by atoms with van der Waals surface area (Å²) in [6.07, 6.45) is 4.10. The summed E-state index contributed by atoms with van der Waals surface area (Å²) in [5.41, 5.74) is 6.75. The third-order valence-corrected chi connectivity index (χ3v) is 7.58. The van der Waals surface area contributed by atoms with Crippen LogP contribution in [-0.2, 0) is 14.4 Å². The molecule has 0 fully saturated rings. The molecule has 36 heavy (non-hydrogen) atoms. The largest absolute Gasteiger partial charge is 0.483 e. The molecule has 2 N–H and O–H groups in total. The molecule has 5 rings (SSSR count). The molecule has 0 saturated heterocycles. The number of ketones is 2. The number of Topliss-reactive ketones (excluding diaryl/α,β-unsaturated/α-hetero) is 2. The third-order valence-electron chi connectivity index (χ3n) is 7.09. The van der Waals surface area contributed by atoms with E-state index in [2.05, 4.69) is 26.6 Å². The van der Waals surface area contributed by atoms with Gasteiger partial charge in [-0.2, -0.15) is 0 Å². The summed E-state index contributed by atoms with van der Waals surface area (Å²) in [6, 6.07) is 11.4. The number of benzene rings is 2. The molecule has 1 aliphatic heterocycles. The molecular formula is C29H29BrN2O4. The zero-order chi connectivity index (χ0) is 25.4. The maximum Gasteiger partial charge on any atom is 0.262 e. The minimum absolute atomic E-state index is 0.0668. The zero-order valence-corrected chi connectivity index (χ0v) is 22.1. The lowest BCUT2D eigenvalue weighted by atomic mass is 9.71. The van der Waals surface area contributed by atoms with Gasteiger partial charge in [-0.3, -0.25) is 14.4 Å². The summed E-state index contributed by atoms with van der Waals surface area (Å²) < 4.78 is 6.87. The van der Waals surface area contributed by atoms with Gasteiger partial charge in [0.05, 0.1) is 0 Å². The van der Waals surface area contributed by atoms with Crippen molar-refractivity contribution in [3.8, 4) is 5.75 Å². The van der Waals surface area contributed by atoms with E-state index in [4.69, 9.17) is 4.74 Å². The number of aryl methyl sites for hydroxylation is 2. The number of dihydropyridines is 1. The summed E-state index contributed by atoms with van der Waals surface area (Å²) in [6.45, 7) is 3.77. The highest BCUT2D eigenvalue weighted by molar-refractivity contribution is 9.10. The number of amides is 1. The van der Waals surface area contributed by atoms with E-state index in [9.17, 15) is 14.4 Å². The minimum atomic E-state index is -0.494. The molecule has 1 heterocycles. The summed E-state index contributed by atoms with van der Waals surface area (Å²) in [5, 5.41) is 6.35. The second-order valence-electron chi connectivity index (χ2n) is 9.73. The predicted molar refractivity (Wildman–Crippen MR) is 142 cm³/mol. The highest BCUT2D eigenvalue weighted by Crippen LogP contribution is 2.48. The predicted octanol–water partition coefficient (Wildman–Crippen LogP) is 5.78. The Balaban J connectivity index is 1.48. The molecule has 0 radical (unpaired) electrons. The molecule has 1 amide bonds. The van der Waals surface area contributed by atoms with Gasteiger partial charge in [-0.05, 0) is 69.4 Å². The average molecular weight is 549 g/mol. The first-order valence-corrected chi connectivity index (χ1v) is 13.2. The van der Waals surface area contributed by atoms with E-state index >= 15 is 0 Å². The number of hydrogen-bond acceptors (Lipinski definition) is 5. The fourth-order valence-electron chi connectivity index (χ4n) is 5.45. The second kappa shape index (κ2) is 10.1. The van der Waals surface area contributed by atoms with Gasteiger partial charge in [-0.15, -0.1) is 0 Å². The summed E-state index contributed by atoms with van der Waals surface area (Å²) in [7, 11) is 0. The van der Waals surface area contributed by atoms with Crippen molar-refractivity contribution < 1.29 is 19.1 Å². The molecule has 0 spiro atoms. The maximum atomic E-state index is 13.2. The van der Waals surface area contributed by atoms with Crippen LogP contribution >= 0.6 is 15.9 Å². The fourth-order valence-corrected chi connectivity index (χ4v) is 5.83. The number of carbonyl (C=O) groups is 3. The Kier molecular flexibility index (Phi) is 6.84. The van der Waals surface area contributed by atoms with Crippen molar-refractivity contribution in [1.29, 1.82) is 0 Å². The average Bonchev–Trinajstić information content (AvgIpc) is 2.84. The van der Waals surface area contributed by atoms with Gasteiger partial charge in [0.25, 0.3) is 5.91 Å². The first-order chi connectivity index (χ1) is 17.3. The van der Waals surface area contributed by atoms with Crippen molar-refractivity contribution in [2.24, 2.45) is 0 Å². The quantitative estimate of drug-likeness (QED) is 0.494. The van der Waals surface area contributed by atoms with E-state index in [0.717, 1.165) is 63.9 Å². The van der Waals surface area contributed by atoms with Crippen LogP contribution in [0, 0.1) is 13.8 Å². The summed E-state index contributed by atoms with van der Waals surface area (Å²) in [5.74, 6) is -0.138. The lowest BCUT2D eigenvalue weighted by molar-refractivity contribution is -0.119. The number of ether oxygens (including phenoxy) is 1. The Morgan fingerprint density at radius 1 is 0.972 bits per heavy atom. The normalized spacial score (nSPS) is 18.0. The maximum absolute atomic E-state index is 13.2. The molecule has 6 nitrogen and oxygen atoms in total. The summed E-state index contributed by atoms with van der Waals surface area (Å²) >= 11 is 3.55. The van der Waals surface area contributed by atoms with Crippen LogP contribution in [0.4, 0.5) is 5.69 Å². The smallest absolute Gasteiger partial charge is 0.262 e. The number of anilines is 1. The molecule has 2 aromatic rings. The van der Waals surface area contributed by atoms with Crippen molar-refractivity contribution in [3.05, 3.63) is 80.1 Å². The molecule has 0 aromatic heterocycles. The number of rotatable bonds is 5. The number of hydrogen-bond donors (Lipinski definition) is 2. The molecule has 0 saturated carbocycles. The van der Waals surface area contributed by atoms with Crippen LogP contribution in [0.2, 0.25) is 0 Å². The standard InChI is InChI=1S/C29H29BrN2O4/c1-16-9-11-20(17(2)13-16)32-26(35)15-36-25-12-10-18(30)14-19(25)27-28-21(5-3-7-23(28)33)31-22-6-4-8-24(34)29(22)27/h9-14,27,31H,3-8,15H2,1-2H3,(H,32,35). The van der Waals surface area contributed by atoms with Crippen molar-refractivity contribution in [2.45, 2.75) is 58.3 Å². The zero-order valence-electron chi connectivity index (χ0n) is 20.5. The van der Waals surface area contributed by atoms with Gasteiger partial charge in [-0.1, -0.05) is 33.6 Å². The first-order valence-electron chi connectivity index (χ1n) is 12.4. The van der Waals surface area contributed by atoms with E-state index in [1.54, 1.807) is 6.07 Å². The van der Waals surface area contributed by atoms with E-state index < -0.39 is 5.92 Å². The number of carbonyl (C=O) groups excluding carboxylic acids is 3. The monoisotopic (exact) mass is 548 g/mol. The molecule has 3 aliphatic rings. The minimum Gasteiger partial charge on any atom is -0.483 e. The van der Waals surface area contributed by atoms with E-state index in [1.165, 1.54) is 0 Å². The first kappa shape index (κ1) is 24.5. The van der Waals surface area contributed by atoms with E-state index in [1.807, 2.05) is 44.2 Å². The lowest BCUT2D eigenvalue weighted by Crippen LogP contribution is -2.36. The van der Waals surface area contributed by atoms with Gasteiger partial charge in [0.1, 0.15) is 5.75 Å². The SMILES string of the molecule is Cc1ccc(NC(=O)COc2ccc(Br)cc2C2C3=C(CCCC3=O)NC3=C2C(=O)CCC3)c(C)c1. The van der Waals surface area contributed by atoms with Crippen molar-refractivity contribution in [1.82, 2.24) is 5.32 Å². The number of allylic oxidation sites excluding steroid dienone is 4. The molecule has 0 atom stereocenters. The highest BCUT2D eigenvalue weighted by atomic mass is 79.9. The molecule has 0 bridgehead atoms. The van der Waals surface area contributed by atoms with Gasteiger partial charge in [-0.25, -0.2) is 0 Å². The van der Waals surface area contributed by atoms with Crippen LogP contribution in [0.15, 0.2) is 63.4 Å². The van der Waals surface area contributed by atoms with Gasteiger partial charge in [0, 0.05) is 57.0 Å². The summed E-state index contributed by atoms with van der Waals surface area (Å²) in [4.78, 5) is 39.1. The van der Waals surface area contributed by atoms with Crippen LogP contribution in [0.3, 0.4) is 0 Å². The molecule has 186 valence electrons. The van der Waals surface area contributed by atoms with Crippen LogP contribution in [0.25, 0.3) is 0 Å². The van der Waals surface area contributed by atoms with Crippen LogP contribution in [0.1, 0.15) is 61.1 Å². The third kappa shape index (κ3) is 4.76. The molecule has 2 aromatic carbocycles. The Bertz CT molecular complexity index is 1300. The molecule has 7 heteroatoms. The van der Waals surface area contributed by atoms with Crippen LogP contribution < -0.4 is 15.4 Å². The van der Waals surface area contributed by atoms with Gasteiger partial charge < -0.3 is 15.4 Å². The highest BCUT2D eigenvalue weighted by Gasteiger charge is 2.41. The molecular weight excluding hydrogens is 520 g/mol. The fraction of sp³-hybridized carbons (Fsp3) is 0.345. The van der Waals surface area contributed by atoms with E-state index in [0.29, 0.717) is 29.7 Å². The van der Waals surface area contributed by atoms with Gasteiger partial charge >= 0.3 is 0 Å². The lowest BCUT2D eigenvalue weighted by Gasteiger charge is -2.37. The van der Waals surface area contributed by atoms with E-state index in [-0.39, 0.29) is 24.1 Å². The molecule has 0 unspecified atom stereocenters. The van der Waals surface area contributed by atoms with Crippen LogP contribution in [0.5, 0.6) is 5.75 Å².